The molecule has 2 heterocycles. The van der Waals surface area contributed by atoms with Gasteiger partial charge in [0.25, 0.3) is 0 Å². The Kier molecular flexibility index (Phi) is 2.01. The molecular weight excluding hydrogens is 250 g/mol. The molecule has 4 aromatic rings. The summed E-state index contributed by atoms with van der Waals surface area (Å²) in [6, 6.07) is 11.7. The minimum atomic E-state index is 0.638. The van der Waals surface area contributed by atoms with Gasteiger partial charge in [-0.15, -0.1) is 0 Å². The van der Waals surface area contributed by atoms with Gasteiger partial charge >= 0.3 is 0 Å². The zero-order chi connectivity index (χ0) is 13.7. The van der Waals surface area contributed by atoms with Gasteiger partial charge in [0.1, 0.15) is 0 Å². The Hall–Kier alpha value is -3.06. The van der Waals surface area contributed by atoms with E-state index in [1.54, 1.807) is 12.3 Å². The summed E-state index contributed by atoms with van der Waals surface area (Å²) in [6.45, 7) is 0. The van der Waals surface area contributed by atoms with Gasteiger partial charge in [0, 0.05) is 33.4 Å². The van der Waals surface area contributed by atoms with E-state index in [9.17, 15) is 4.79 Å². The van der Waals surface area contributed by atoms with Crippen molar-refractivity contribution in [2.24, 2.45) is 0 Å². The van der Waals surface area contributed by atoms with Crippen LogP contribution in [0, 0.1) is 11.3 Å². The van der Waals surface area contributed by atoms with Gasteiger partial charge in [-0.1, -0.05) is 12.1 Å². The first-order chi connectivity index (χ1) is 9.81. The lowest BCUT2D eigenvalue weighted by atomic mass is 10.1. The molecule has 0 bridgehead atoms. The molecule has 4 rings (SSSR count). The van der Waals surface area contributed by atoms with Crippen LogP contribution < -0.4 is 0 Å². The highest BCUT2D eigenvalue weighted by Gasteiger charge is 2.11. The third-order valence-corrected chi connectivity index (χ3v) is 3.71. The second-order valence-electron chi connectivity index (χ2n) is 4.77. The maximum absolute atomic E-state index is 11.0. The SMILES string of the molecule is N#Cc1ccc2[nH]c3c(ccc4c(C=O)c[nH]c43)c2c1. The first-order valence-electron chi connectivity index (χ1n) is 6.22. The lowest BCUT2D eigenvalue weighted by Crippen LogP contribution is -1.75. The van der Waals surface area contributed by atoms with E-state index in [0.717, 1.165) is 39.0 Å². The molecule has 2 aromatic carbocycles. The van der Waals surface area contributed by atoms with Crippen LogP contribution in [0.3, 0.4) is 0 Å². The third kappa shape index (κ3) is 1.26. The van der Waals surface area contributed by atoms with E-state index in [1.807, 2.05) is 24.3 Å². The molecule has 2 N–H and O–H groups in total. The molecule has 0 aliphatic carbocycles. The maximum Gasteiger partial charge on any atom is 0.152 e. The van der Waals surface area contributed by atoms with Crippen molar-refractivity contribution in [2.75, 3.05) is 0 Å². The average molecular weight is 259 g/mol. The summed E-state index contributed by atoms with van der Waals surface area (Å²) in [5.41, 5.74) is 4.14. The minimum Gasteiger partial charge on any atom is -0.359 e. The zero-order valence-electron chi connectivity index (χ0n) is 10.4. The number of carbonyl (C=O) groups is 1. The normalized spacial score (nSPS) is 11.2. The smallest absolute Gasteiger partial charge is 0.152 e. The van der Waals surface area contributed by atoms with E-state index < -0.39 is 0 Å². The van der Waals surface area contributed by atoms with Crippen molar-refractivity contribution in [1.82, 2.24) is 9.97 Å². The maximum atomic E-state index is 11.0. The monoisotopic (exact) mass is 259 g/mol. The summed E-state index contributed by atoms with van der Waals surface area (Å²) in [6.07, 6.45) is 2.56. The van der Waals surface area contributed by atoms with E-state index in [1.165, 1.54) is 0 Å². The molecule has 2 aromatic heterocycles. The van der Waals surface area contributed by atoms with Gasteiger partial charge in [0.2, 0.25) is 0 Å². The number of aromatic amines is 2. The summed E-state index contributed by atoms with van der Waals surface area (Å²) in [5, 5.41) is 12.0. The first-order valence-corrected chi connectivity index (χ1v) is 6.22. The number of H-pyrrole nitrogens is 2. The topological polar surface area (TPSA) is 72.4 Å². The van der Waals surface area contributed by atoms with Crippen LogP contribution in [0.15, 0.2) is 36.5 Å². The summed E-state index contributed by atoms with van der Waals surface area (Å²) >= 11 is 0. The second kappa shape index (κ2) is 3.72. The number of carbonyl (C=O) groups excluding carboxylic acids is 1. The number of benzene rings is 2. The summed E-state index contributed by atoms with van der Waals surface area (Å²) in [7, 11) is 0. The molecule has 0 saturated heterocycles. The van der Waals surface area contributed by atoms with Gasteiger partial charge in [-0.3, -0.25) is 4.79 Å². The van der Waals surface area contributed by atoms with Crippen molar-refractivity contribution in [3.63, 3.8) is 0 Å². The number of rotatable bonds is 1. The Labute approximate surface area is 113 Å². The Morgan fingerprint density at radius 1 is 1.05 bits per heavy atom. The molecule has 0 radical (unpaired) electrons. The molecule has 0 fully saturated rings. The quantitative estimate of drug-likeness (QED) is 0.513. The van der Waals surface area contributed by atoms with Gasteiger partial charge in [-0.25, -0.2) is 0 Å². The zero-order valence-corrected chi connectivity index (χ0v) is 10.4. The average Bonchev–Trinajstić information content (AvgIpc) is 3.06. The van der Waals surface area contributed by atoms with Gasteiger partial charge in [0.05, 0.1) is 22.7 Å². The Morgan fingerprint density at radius 2 is 1.90 bits per heavy atom. The largest absolute Gasteiger partial charge is 0.359 e. The van der Waals surface area contributed by atoms with E-state index in [-0.39, 0.29) is 0 Å². The molecule has 20 heavy (non-hydrogen) atoms. The Morgan fingerprint density at radius 3 is 2.70 bits per heavy atom. The Balaban J connectivity index is 2.21. The van der Waals surface area contributed by atoms with E-state index in [0.29, 0.717) is 11.1 Å². The van der Waals surface area contributed by atoms with Crippen molar-refractivity contribution < 1.29 is 4.79 Å². The highest BCUT2D eigenvalue weighted by atomic mass is 16.1. The van der Waals surface area contributed by atoms with Gasteiger partial charge in [-0.2, -0.15) is 5.26 Å². The summed E-state index contributed by atoms with van der Waals surface area (Å²) in [5.74, 6) is 0. The fraction of sp³-hybridized carbons (Fsp3) is 0. The van der Waals surface area contributed by atoms with Crippen LogP contribution in [0.25, 0.3) is 32.7 Å². The molecule has 0 aliphatic heterocycles. The van der Waals surface area contributed by atoms with E-state index in [2.05, 4.69) is 16.0 Å². The molecule has 0 unspecified atom stereocenters. The van der Waals surface area contributed by atoms with Crippen molar-refractivity contribution in [3.8, 4) is 6.07 Å². The number of nitrogens with zero attached hydrogens (tertiary/aromatic N) is 1. The fourth-order valence-corrected chi connectivity index (χ4v) is 2.75. The highest BCUT2D eigenvalue weighted by Crippen LogP contribution is 2.32. The molecule has 4 nitrogen and oxygen atoms in total. The fourth-order valence-electron chi connectivity index (χ4n) is 2.75. The molecular formula is C16H9N3O. The van der Waals surface area contributed by atoms with Crippen molar-refractivity contribution in [1.29, 1.82) is 5.26 Å². The van der Waals surface area contributed by atoms with E-state index in [4.69, 9.17) is 5.26 Å². The van der Waals surface area contributed by atoms with Crippen LogP contribution in [0.4, 0.5) is 0 Å². The molecule has 0 aliphatic rings. The lowest BCUT2D eigenvalue weighted by Gasteiger charge is -1.94. The van der Waals surface area contributed by atoms with Crippen LogP contribution in [-0.4, -0.2) is 16.3 Å². The van der Waals surface area contributed by atoms with Crippen LogP contribution in [0.5, 0.6) is 0 Å². The number of nitrogens with one attached hydrogen (secondary N) is 2. The first kappa shape index (κ1) is 10.8. The van der Waals surface area contributed by atoms with Gasteiger partial charge < -0.3 is 9.97 Å². The molecule has 0 atom stereocenters. The summed E-state index contributed by atoms with van der Waals surface area (Å²) in [4.78, 5) is 17.5. The third-order valence-electron chi connectivity index (χ3n) is 3.71. The number of hydrogen-bond acceptors (Lipinski definition) is 2. The van der Waals surface area contributed by atoms with Crippen LogP contribution in [0.2, 0.25) is 0 Å². The number of hydrogen-bond donors (Lipinski definition) is 2. The molecule has 4 heteroatoms. The number of nitriles is 1. The van der Waals surface area contributed by atoms with Crippen LogP contribution in [-0.2, 0) is 0 Å². The molecule has 0 saturated carbocycles. The number of aldehydes is 1. The summed E-state index contributed by atoms with van der Waals surface area (Å²) < 4.78 is 0. The minimum absolute atomic E-state index is 0.638. The van der Waals surface area contributed by atoms with Crippen LogP contribution >= 0.6 is 0 Å². The number of aromatic nitrogens is 2. The predicted molar refractivity (Wildman–Crippen MR) is 77.8 cm³/mol. The Bertz CT molecular complexity index is 1030. The second-order valence-corrected chi connectivity index (χ2v) is 4.77. The lowest BCUT2D eigenvalue weighted by molar-refractivity contribution is 0.112. The van der Waals surface area contributed by atoms with Crippen LogP contribution in [0.1, 0.15) is 15.9 Å². The number of fused-ring (bicyclic) bond motifs is 5. The van der Waals surface area contributed by atoms with Gasteiger partial charge in [-0.05, 0) is 18.2 Å². The van der Waals surface area contributed by atoms with Crippen molar-refractivity contribution in [3.05, 3.63) is 47.7 Å². The van der Waals surface area contributed by atoms with Gasteiger partial charge in [0.15, 0.2) is 6.29 Å². The van der Waals surface area contributed by atoms with E-state index >= 15 is 0 Å². The standard InChI is InChI=1S/C16H9N3O/c17-6-9-1-4-14-13(5-9)12-3-2-11-10(8-20)7-18-15(11)16(12)19-14/h1-5,7-8,18-19H. The molecule has 0 amide bonds. The van der Waals surface area contributed by atoms with Crippen molar-refractivity contribution in [2.45, 2.75) is 0 Å². The predicted octanol–water partition coefficient (Wildman–Crippen LogP) is 3.49. The highest BCUT2D eigenvalue weighted by molar-refractivity contribution is 6.18. The van der Waals surface area contributed by atoms with Crippen molar-refractivity contribution >= 4 is 39.0 Å². The molecule has 0 spiro atoms. The molecule has 94 valence electrons.